The van der Waals surface area contributed by atoms with Crippen molar-refractivity contribution in [3.05, 3.63) is 53.6 Å². The van der Waals surface area contributed by atoms with Crippen molar-refractivity contribution in [2.75, 3.05) is 20.8 Å². The highest BCUT2D eigenvalue weighted by Crippen LogP contribution is 2.31. The first kappa shape index (κ1) is 22.1. The molecule has 0 saturated heterocycles. The molecule has 29 heavy (non-hydrogen) atoms. The fourth-order valence-electron chi connectivity index (χ4n) is 2.96. The van der Waals surface area contributed by atoms with E-state index in [4.69, 9.17) is 14.2 Å². The molecule has 0 aliphatic rings. The van der Waals surface area contributed by atoms with Crippen LogP contribution in [0, 0.1) is 0 Å². The monoisotopic (exact) mass is 400 g/mol. The number of benzene rings is 2. The van der Waals surface area contributed by atoms with Crippen LogP contribution in [0.4, 0.5) is 0 Å². The summed E-state index contributed by atoms with van der Waals surface area (Å²) >= 11 is 0. The predicted molar refractivity (Wildman–Crippen MR) is 106 cm³/mol. The molecule has 0 saturated carbocycles. The van der Waals surface area contributed by atoms with Crippen LogP contribution in [-0.4, -0.2) is 32.7 Å². The van der Waals surface area contributed by atoms with Gasteiger partial charge in [-0.2, -0.15) is 0 Å². The average molecular weight is 400 g/mol. The number of ether oxygens (including phenoxy) is 3. The average Bonchev–Trinajstić information content (AvgIpc) is 2.71. The van der Waals surface area contributed by atoms with Crippen LogP contribution in [0.1, 0.15) is 43.4 Å². The number of nitrogens with one attached hydrogen (secondary N) is 1. The first-order valence-corrected chi connectivity index (χ1v) is 9.28. The van der Waals surface area contributed by atoms with Gasteiger partial charge in [-0.1, -0.05) is 38.1 Å². The molecule has 1 N–H and O–H groups in total. The molecule has 0 aliphatic heterocycles. The Morgan fingerprint density at radius 2 is 1.69 bits per heavy atom. The number of carboxylic acid groups (broad SMARTS) is 1. The molecule has 0 unspecified atom stereocenters. The maximum Gasteiger partial charge on any atom is 0.258 e. The fraction of sp³-hybridized carbons (Fsp3) is 0.364. The molecule has 1 amide bonds. The molecule has 0 spiro atoms. The van der Waals surface area contributed by atoms with Gasteiger partial charge in [0, 0.05) is 12.4 Å². The second kappa shape index (κ2) is 10.4. The molecule has 0 heterocycles. The van der Waals surface area contributed by atoms with Gasteiger partial charge in [-0.25, -0.2) is 0 Å². The van der Waals surface area contributed by atoms with E-state index in [0.29, 0.717) is 22.8 Å². The summed E-state index contributed by atoms with van der Waals surface area (Å²) < 4.78 is 16.1. The van der Waals surface area contributed by atoms with Gasteiger partial charge in [-0.05, 0) is 35.2 Å². The van der Waals surface area contributed by atoms with E-state index in [1.807, 2.05) is 32.0 Å². The van der Waals surface area contributed by atoms with E-state index in [2.05, 4.69) is 5.32 Å². The van der Waals surface area contributed by atoms with E-state index in [1.54, 1.807) is 24.3 Å². The number of rotatable bonds is 10. The van der Waals surface area contributed by atoms with E-state index < -0.39 is 17.9 Å². The summed E-state index contributed by atoms with van der Waals surface area (Å²) in [6.45, 7) is 3.84. The molecule has 0 radical (unpaired) electrons. The maximum atomic E-state index is 12.4. The molecule has 0 fully saturated rings. The van der Waals surface area contributed by atoms with E-state index in [0.717, 1.165) is 5.56 Å². The lowest BCUT2D eigenvalue weighted by molar-refractivity contribution is -0.306. The summed E-state index contributed by atoms with van der Waals surface area (Å²) in [6, 6.07) is 11.6. The maximum absolute atomic E-state index is 12.4. The van der Waals surface area contributed by atoms with Crippen LogP contribution in [0.25, 0.3) is 0 Å². The van der Waals surface area contributed by atoms with Gasteiger partial charge in [0.15, 0.2) is 18.1 Å². The number of carbonyl (C=O) groups excluding carboxylic acids is 2. The molecule has 0 aromatic heterocycles. The molecular weight excluding hydrogens is 374 g/mol. The summed E-state index contributed by atoms with van der Waals surface area (Å²) in [5, 5.41) is 13.9. The molecule has 0 aliphatic carbocycles. The Morgan fingerprint density at radius 3 is 2.31 bits per heavy atom. The third kappa shape index (κ3) is 6.14. The lowest BCUT2D eigenvalue weighted by atomic mass is 10.0. The Bertz CT molecular complexity index is 849. The molecule has 0 bridgehead atoms. The lowest BCUT2D eigenvalue weighted by Crippen LogP contribution is -2.36. The van der Waals surface area contributed by atoms with Gasteiger partial charge in [0.05, 0.1) is 20.3 Å². The van der Waals surface area contributed by atoms with Gasteiger partial charge in [0.1, 0.15) is 5.75 Å². The van der Waals surface area contributed by atoms with Crippen molar-refractivity contribution in [2.24, 2.45) is 0 Å². The van der Waals surface area contributed by atoms with Crippen LogP contribution in [0.5, 0.6) is 17.2 Å². The highest BCUT2D eigenvalue weighted by Gasteiger charge is 2.18. The smallest absolute Gasteiger partial charge is 0.258 e. The highest BCUT2D eigenvalue weighted by molar-refractivity contribution is 5.79. The number of para-hydroxylation sites is 1. The number of amides is 1. The second-order valence-electron chi connectivity index (χ2n) is 6.79. The number of aliphatic carboxylic acids is 1. The molecular formula is C22H26NO6-. The highest BCUT2D eigenvalue weighted by atomic mass is 16.5. The zero-order valence-electron chi connectivity index (χ0n) is 17.1. The Balaban J connectivity index is 2.12. The summed E-state index contributed by atoms with van der Waals surface area (Å²) in [5.74, 6) is 0.0842. The molecule has 1 atom stereocenters. The van der Waals surface area contributed by atoms with Crippen LogP contribution in [0.15, 0.2) is 42.5 Å². The van der Waals surface area contributed by atoms with Gasteiger partial charge in [0.25, 0.3) is 5.91 Å². The minimum atomic E-state index is -1.28. The van der Waals surface area contributed by atoms with Gasteiger partial charge in [0.2, 0.25) is 0 Å². The molecule has 7 nitrogen and oxygen atoms in total. The summed E-state index contributed by atoms with van der Waals surface area (Å²) in [4.78, 5) is 23.6. The molecule has 156 valence electrons. The third-order valence-corrected chi connectivity index (χ3v) is 4.42. The quantitative estimate of drug-likeness (QED) is 0.657. The first-order valence-electron chi connectivity index (χ1n) is 9.28. The minimum Gasteiger partial charge on any atom is -0.550 e. The van der Waals surface area contributed by atoms with Gasteiger partial charge in [-0.3, -0.25) is 4.79 Å². The summed E-state index contributed by atoms with van der Waals surface area (Å²) in [5.41, 5.74) is 1.55. The van der Waals surface area contributed by atoms with Crippen LogP contribution >= 0.6 is 0 Å². The van der Waals surface area contributed by atoms with Crippen LogP contribution < -0.4 is 24.6 Å². The van der Waals surface area contributed by atoms with Crippen molar-refractivity contribution in [1.82, 2.24) is 5.32 Å². The van der Waals surface area contributed by atoms with Crippen molar-refractivity contribution < 1.29 is 28.9 Å². The van der Waals surface area contributed by atoms with E-state index >= 15 is 0 Å². The van der Waals surface area contributed by atoms with Gasteiger partial charge < -0.3 is 29.4 Å². The molecule has 2 aromatic carbocycles. The second-order valence-corrected chi connectivity index (χ2v) is 6.79. The number of carboxylic acids is 1. The number of carbonyl (C=O) groups is 2. The van der Waals surface area contributed by atoms with Crippen molar-refractivity contribution in [1.29, 1.82) is 0 Å². The first-order chi connectivity index (χ1) is 13.8. The van der Waals surface area contributed by atoms with Crippen LogP contribution in [0.3, 0.4) is 0 Å². The van der Waals surface area contributed by atoms with E-state index in [1.165, 1.54) is 14.2 Å². The molecule has 7 heteroatoms. The zero-order chi connectivity index (χ0) is 21.4. The van der Waals surface area contributed by atoms with Gasteiger partial charge >= 0.3 is 0 Å². The molecule has 2 rings (SSSR count). The Kier molecular flexibility index (Phi) is 7.88. The molecule has 2 aromatic rings. The normalized spacial score (nSPS) is 11.6. The van der Waals surface area contributed by atoms with E-state index in [9.17, 15) is 14.7 Å². The fourth-order valence-corrected chi connectivity index (χ4v) is 2.96. The predicted octanol–water partition coefficient (Wildman–Crippen LogP) is 2.20. The number of methoxy groups -OCH3 is 2. The van der Waals surface area contributed by atoms with Crippen molar-refractivity contribution in [2.45, 2.75) is 32.2 Å². The largest absolute Gasteiger partial charge is 0.550 e. The number of hydrogen-bond donors (Lipinski definition) is 1. The van der Waals surface area contributed by atoms with Crippen molar-refractivity contribution >= 4 is 11.9 Å². The van der Waals surface area contributed by atoms with Gasteiger partial charge in [-0.15, -0.1) is 0 Å². The lowest BCUT2D eigenvalue weighted by Gasteiger charge is -2.21. The van der Waals surface area contributed by atoms with Crippen LogP contribution in [-0.2, 0) is 9.59 Å². The minimum absolute atomic E-state index is 0.236. The summed E-state index contributed by atoms with van der Waals surface area (Å²) in [6.07, 6.45) is -0.385. The Labute approximate surface area is 170 Å². The number of hydrogen-bond acceptors (Lipinski definition) is 6. The van der Waals surface area contributed by atoms with E-state index in [-0.39, 0.29) is 18.9 Å². The topological polar surface area (TPSA) is 96.9 Å². The third-order valence-electron chi connectivity index (χ3n) is 4.42. The van der Waals surface area contributed by atoms with Crippen LogP contribution in [0.2, 0.25) is 0 Å². The Morgan fingerprint density at radius 1 is 1.00 bits per heavy atom. The SMILES string of the molecule is COc1ccc([C@@H](CC(=O)[O-])NC(=O)COc2ccccc2C(C)C)cc1OC. The van der Waals surface area contributed by atoms with Crippen molar-refractivity contribution in [3.63, 3.8) is 0 Å². The summed E-state index contributed by atoms with van der Waals surface area (Å²) in [7, 11) is 2.98. The van der Waals surface area contributed by atoms with Crippen molar-refractivity contribution in [3.8, 4) is 17.2 Å². The standard InChI is InChI=1S/C22H27NO6/c1-14(2)16-7-5-6-8-18(16)29-13-21(24)23-17(12-22(25)26)15-9-10-19(27-3)20(11-15)28-4/h5-11,14,17H,12-13H2,1-4H3,(H,23,24)(H,25,26)/p-1/t17-/m1/s1. The zero-order valence-corrected chi connectivity index (χ0v) is 17.1. The Hall–Kier alpha value is -3.22.